The first-order chi connectivity index (χ1) is 9.41. The molecule has 0 radical (unpaired) electrons. The van der Waals surface area contributed by atoms with Gasteiger partial charge >= 0.3 is 6.18 Å². The van der Waals surface area contributed by atoms with E-state index in [-0.39, 0.29) is 12.0 Å². The van der Waals surface area contributed by atoms with Crippen LogP contribution in [0.5, 0.6) is 0 Å². The number of rotatable bonds is 7. The Bertz CT molecular complexity index is 265. The van der Waals surface area contributed by atoms with E-state index in [9.17, 15) is 13.2 Å². The number of hydrogen-bond donors (Lipinski definition) is 1. The van der Waals surface area contributed by atoms with Crippen LogP contribution in [0.4, 0.5) is 13.2 Å². The van der Waals surface area contributed by atoms with Gasteiger partial charge in [-0.1, -0.05) is 40.0 Å². The van der Waals surface area contributed by atoms with Crippen molar-refractivity contribution < 1.29 is 13.2 Å². The third kappa shape index (κ3) is 4.94. The Balaban J connectivity index is 2.84. The summed E-state index contributed by atoms with van der Waals surface area (Å²) < 4.78 is 39.9. The van der Waals surface area contributed by atoms with E-state index in [4.69, 9.17) is 0 Å². The molecule has 120 valence electrons. The highest BCUT2D eigenvalue weighted by Gasteiger charge is 2.48. The molecule has 0 aromatic carbocycles. The van der Waals surface area contributed by atoms with E-state index in [1.54, 1.807) is 0 Å². The molecule has 0 saturated heterocycles. The monoisotopic (exact) mass is 293 g/mol. The molecule has 1 N–H and O–H groups in total. The summed E-state index contributed by atoms with van der Waals surface area (Å²) in [5, 5.41) is 3.43. The van der Waals surface area contributed by atoms with Crippen LogP contribution in [-0.4, -0.2) is 18.8 Å². The molecule has 1 saturated carbocycles. The Hall–Kier alpha value is -0.250. The normalized spacial score (nSPS) is 27.3. The second-order valence-electron chi connectivity index (χ2n) is 6.34. The van der Waals surface area contributed by atoms with Crippen LogP contribution in [0.1, 0.15) is 65.7 Å². The van der Waals surface area contributed by atoms with Crippen LogP contribution in [0.3, 0.4) is 0 Å². The van der Waals surface area contributed by atoms with Crippen molar-refractivity contribution >= 4 is 0 Å². The maximum atomic E-state index is 13.3. The van der Waals surface area contributed by atoms with Gasteiger partial charge in [-0.15, -0.1) is 0 Å². The lowest BCUT2D eigenvalue weighted by molar-refractivity contribution is -0.200. The third-order valence-electron chi connectivity index (χ3n) is 4.69. The van der Waals surface area contributed by atoms with Gasteiger partial charge in [0.05, 0.1) is 5.92 Å². The van der Waals surface area contributed by atoms with Crippen molar-refractivity contribution in [1.82, 2.24) is 5.32 Å². The summed E-state index contributed by atoms with van der Waals surface area (Å²) in [6.45, 7) is 7.10. The van der Waals surface area contributed by atoms with E-state index >= 15 is 0 Å². The van der Waals surface area contributed by atoms with Crippen molar-refractivity contribution in [2.75, 3.05) is 6.54 Å². The van der Waals surface area contributed by atoms with Gasteiger partial charge in [-0.25, -0.2) is 0 Å². The van der Waals surface area contributed by atoms with Crippen molar-refractivity contribution in [3.05, 3.63) is 0 Å². The molecule has 1 fully saturated rings. The quantitative estimate of drug-likeness (QED) is 0.683. The average molecular weight is 293 g/mol. The fraction of sp³-hybridized carbons (Fsp3) is 1.00. The highest BCUT2D eigenvalue weighted by Crippen LogP contribution is 2.44. The molecule has 4 unspecified atom stereocenters. The van der Waals surface area contributed by atoms with Gasteiger partial charge in [0.2, 0.25) is 0 Å². The summed E-state index contributed by atoms with van der Waals surface area (Å²) in [5.41, 5.74) is 0. The molecule has 1 nitrogen and oxygen atoms in total. The van der Waals surface area contributed by atoms with Gasteiger partial charge < -0.3 is 5.32 Å². The van der Waals surface area contributed by atoms with Gasteiger partial charge in [0, 0.05) is 6.04 Å². The predicted molar refractivity (Wildman–Crippen MR) is 77.7 cm³/mol. The van der Waals surface area contributed by atoms with Gasteiger partial charge in [0.25, 0.3) is 0 Å². The van der Waals surface area contributed by atoms with Crippen LogP contribution >= 0.6 is 0 Å². The molecule has 0 amide bonds. The lowest BCUT2D eigenvalue weighted by Crippen LogP contribution is -2.49. The van der Waals surface area contributed by atoms with E-state index in [1.165, 1.54) is 0 Å². The van der Waals surface area contributed by atoms with Gasteiger partial charge in [-0.05, 0) is 44.1 Å². The van der Waals surface area contributed by atoms with E-state index in [2.05, 4.69) is 26.1 Å². The molecule has 20 heavy (non-hydrogen) atoms. The zero-order valence-electron chi connectivity index (χ0n) is 13.1. The maximum absolute atomic E-state index is 13.3. The van der Waals surface area contributed by atoms with E-state index < -0.39 is 12.1 Å². The Labute approximate surface area is 121 Å². The van der Waals surface area contributed by atoms with Crippen LogP contribution in [0.25, 0.3) is 0 Å². The van der Waals surface area contributed by atoms with Crippen molar-refractivity contribution in [1.29, 1.82) is 0 Å². The van der Waals surface area contributed by atoms with Gasteiger partial charge in [-0.3, -0.25) is 0 Å². The standard InChI is InChI=1S/C16H30F3N/c1-4-8-12(3)15(20-11-5-2)13-9-6-7-10-14(13)16(17,18)19/h12-15,20H,4-11H2,1-3H3. The molecule has 0 aromatic heterocycles. The largest absolute Gasteiger partial charge is 0.392 e. The molecule has 1 rings (SSSR count). The zero-order valence-corrected chi connectivity index (χ0v) is 13.1. The molecular formula is C16H30F3N. The second kappa shape index (κ2) is 8.26. The summed E-state index contributed by atoms with van der Waals surface area (Å²) >= 11 is 0. The van der Waals surface area contributed by atoms with Crippen molar-refractivity contribution in [2.24, 2.45) is 17.8 Å². The summed E-state index contributed by atoms with van der Waals surface area (Å²) in [4.78, 5) is 0. The molecule has 1 aliphatic carbocycles. The van der Waals surface area contributed by atoms with E-state index in [0.29, 0.717) is 12.3 Å². The van der Waals surface area contributed by atoms with Crippen LogP contribution in [0.2, 0.25) is 0 Å². The number of hydrogen-bond acceptors (Lipinski definition) is 1. The molecule has 0 aliphatic heterocycles. The molecule has 4 atom stereocenters. The van der Waals surface area contributed by atoms with Crippen LogP contribution < -0.4 is 5.32 Å². The number of halogens is 3. The summed E-state index contributed by atoms with van der Waals surface area (Å²) in [6, 6.07) is 0.0156. The molecule has 0 spiro atoms. The lowest BCUT2D eigenvalue weighted by Gasteiger charge is -2.41. The second-order valence-corrected chi connectivity index (χ2v) is 6.34. The number of nitrogens with one attached hydrogen (secondary N) is 1. The minimum atomic E-state index is -4.04. The molecule has 4 heteroatoms. The summed E-state index contributed by atoms with van der Waals surface area (Å²) in [5.74, 6) is -1.03. The average Bonchev–Trinajstić information content (AvgIpc) is 2.39. The van der Waals surface area contributed by atoms with Gasteiger partial charge in [0.15, 0.2) is 0 Å². The topological polar surface area (TPSA) is 12.0 Å². The SMILES string of the molecule is CCCNC(C(C)CCC)C1CCCCC1C(F)(F)F. The van der Waals surface area contributed by atoms with Crippen molar-refractivity contribution in [3.63, 3.8) is 0 Å². The fourth-order valence-electron chi connectivity index (χ4n) is 3.72. The maximum Gasteiger partial charge on any atom is 0.392 e. The molecular weight excluding hydrogens is 263 g/mol. The Morgan fingerprint density at radius 2 is 1.75 bits per heavy atom. The van der Waals surface area contributed by atoms with Crippen molar-refractivity contribution in [3.8, 4) is 0 Å². The summed E-state index contributed by atoms with van der Waals surface area (Å²) in [6.07, 6.45) is 1.68. The smallest absolute Gasteiger partial charge is 0.313 e. The van der Waals surface area contributed by atoms with Gasteiger partial charge in [0.1, 0.15) is 0 Å². The predicted octanol–water partition coefficient (Wildman–Crippen LogP) is 5.16. The first-order valence-corrected chi connectivity index (χ1v) is 8.21. The molecule has 0 heterocycles. The Kier molecular flexibility index (Phi) is 7.35. The Morgan fingerprint density at radius 1 is 1.10 bits per heavy atom. The third-order valence-corrected chi connectivity index (χ3v) is 4.69. The minimum absolute atomic E-state index is 0.0156. The van der Waals surface area contributed by atoms with Crippen molar-refractivity contribution in [2.45, 2.75) is 77.9 Å². The minimum Gasteiger partial charge on any atom is -0.313 e. The zero-order chi connectivity index (χ0) is 15.2. The fourth-order valence-corrected chi connectivity index (χ4v) is 3.72. The molecule has 0 bridgehead atoms. The van der Waals surface area contributed by atoms with E-state index in [0.717, 1.165) is 45.1 Å². The molecule has 0 aromatic rings. The Morgan fingerprint density at radius 3 is 2.30 bits per heavy atom. The summed E-state index contributed by atoms with van der Waals surface area (Å²) in [7, 11) is 0. The van der Waals surface area contributed by atoms with E-state index in [1.807, 2.05) is 0 Å². The highest BCUT2D eigenvalue weighted by molar-refractivity contribution is 4.90. The highest BCUT2D eigenvalue weighted by atomic mass is 19.4. The van der Waals surface area contributed by atoms with Crippen LogP contribution in [0.15, 0.2) is 0 Å². The van der Waals surface area contributed by atoms with Crippen LogP contribution in [0, 0.1) is 17.8 Å². The lowest BCUT2D eigenvalue weighted by atomic mass is 9.71. The van der Waals surface area contributed by atoms with Crippen LogP contribution in [-0.2, 0) is 0 Å². The van der Waals surface area contributed by atoms with Gasteiger partial charge in [-0.2, -0.15) is 13.2 Å². The number of alkyl halides is 3. The molecule has 1 aliphatic rings. The first-order valence-electron chi connectivity index (χ1n) is 8.21. The first kappa shape index (κ1) is 17.8.